The van der Waals surface area contributed by atoms with Crippen molar-refractivity contribution in [1.82, 2.24) is 4.98 Å². The molecule has 0 aliphatic carbocycles. The molecule has 1 aromatic rings. The Hall–Kier alpha value is -1.19. The highest BCUT2D eigenvalue weighted by molar-refractivity contribution is 6.38. The predicted molar refractivity (Wildman–Crippen MR) is 67.2 cm³/mol. The Morgan fingerprint density at radius 2 is 2.14 bits per heavy atom. The second kappa shape index (κ2) is 4.35. The number of nitrogens with zero attached hydrogens (tertiary/aromatic N) is 1. The Labute approximate surface area is 86.9 Å². The summed E-state index contributed by atoms with van der Waals surface area (Å²) in [5, 5.41) is 2.84. The molecular formula is C8H13B3N2O. The molecule has 0 spiro atoms. The number of anilines is 1. The van der Waals surface area contributed by atoms with E-state index in [1.807, 2.05) is 42.6 Å². The van der Waals surface area contributed by atoms with Gasteiger partial charge in [0.2, 0.25) is 5.91 Å². The van der Waals surface area contributed by atoms with Crippen LogP contribution in [0, 0.1) is 0 Å². The number of hydrogen-bond acceptors (Lipinski definition) is 2. The number of aromatic nitrogens is 1. The van der Waals surface area contributed by atoms with Gasteiger partial charge in [-0.05, 0) is 17.7 Å². The first-order valence-corrected chi connectivity index (χ1v) is 4.76. The highest BCUT2D eigenvalue weighted by Crippen LogP contribution is 2.03. The van der Waals surface area contributed by atoms with Crippen LogP contribution in [0.1, 0.15) is 6.92 Å². The lowest BCUT2D eigenvalue weighted by Gasteiger charge is -2.10. The third-order valence-electron chi connectivity index (χ3n) is 2.01. The van der Waals surface area contributed by atoms with Crippen molar-refractivity contribution in [3.05, 3.63) is 12.1 Å². The molecule has 6 heteroatoms. The van der Waals surface area contributed by atoms with E-state index in [9.17, 15) is 4.79 Å². The van der Waals surface area contributed by atoms with Crippen molar-refractivity contribution in [3.63, 3.8) is 0 Å². The molecule has 0 radical (unpaired) electrons. The average Bonchev–Trinajstić information content (AvgIpc) is 2.09. The first kappa shape index (κ1) is 10.9. The van der Waals surface area contributed by atoms with E-state index in [0.717, 1.165) is 16.9 Å². The number of nitrogens with one attached hydrogen (secondary N) is 1. The first-order chi connectivity index (χ1) is 6.50. The molecule has 1 unspecified atom stereocenters. The minimum absolute atomic E-state index is 0.00398. The quantitative estimate of drug-likeness (QED) is 0.499. The minimum atomic E-state index is -0.00398. The van der Waals surface area contributed by atoms with Crippen molar-refractivity contribution >= 4 is 46.3 Å². The van der Waals surface area contributed by atoms with E-state index >= 15 is 0 Å². The standard InChI is InChI=1S/C8H13B3N2O/c1-4(9)8(14)12-5-2-3-6(10)13-7(5)11/h2-4H,9-11H2,1H3,(H,12,14). The van der Waals surface area contributed by atoms with Gasteiger partial charge < -0.3 is 5.32 Å². The van der Waals surface area contributed by atoms with E-state index in [-0.39, 0.29) is 11.7 Å². The molecule has 0 aliphatic heterocycles. The van der Waals surface area contributed by atoms with E-state index in [4.69, 9.17) is 0 Å². The summed E-state index contributed by atoms with van der Waals surface area (Å²) < 4.78 is 0. The van der Waals surface area contributed by atoms with E-state index in [1.165, 1.54) is 0 Å². The molecule has 1 aromatic heterocycles. The van der Waals surface area contributed by atoms with Gasteiger partial charge in [-0.2, -0.15) is 0 Å². The molecule has 14 heavy (non-hydrogen) atoms. The molecule has 1 rings (SSSR count). The van der Waals surface area contributed by atoms with Crippen LogP contribution >= 0.6 is 0 Å². The van der Waals surface area contributed by atoms with Crippen LogP contribution in [0.4, 0.5) is 5.69 Å². The lowest BCUT2D eigenvalue weighted by molar-refractivity contribution is -0.115. The van der Waals surface area contributed by atoms with Crippen molar-refractivity contribution in [2.24, 2.45) is 0 Å². The molecule has 1 N–H and O–H groups in total. The number of amides is 1. The van der Waals surface area contributed by atoms with Crippen LogP contribution in [0.5, 0.6) is 0 Å². The summed E-state index contributed by atoms with van der Waals surface area (Å²) in [6.07, 6.45) is 0. The molecule has 0 saturated heterocycles. The molecule has 0 bridgehead atoms. The van der Waals surface area contributed by atoms with Gasteiger partial charge in [0.1, 0.15) is 7.85 Å². The van der Waals surface area contributed by atoms with E-state index in [0.29, 0.717) is 0 Å². The molecule has 1 heterocycles. The second-order valence-corrected chi connectivity index (χ2v) is 3.73. The van der Waals surface area contributed by atoms with Gasteiger partial charge in [-0.1, -0.05) is 6.92 Å². The fourth-order valence-electron chi connectivity index (χ4n) is 1.10. The summed E-state index contributed by atoms with van der Waals surface area (Å²) >= 11 is 0. The van der Waals surface area contributed by atoms with Gasteiger partial charge in [0.05, 0.1) is 5.69 Å². The van der Waals surface area contributed by atoms with E-state index in [1.54, 1.807) is 0 Å². The van der Waals surface area contributed by atoms with Gasteiger partial charge in [-0.3, -0.25) is 9.78 Å². The molecule has 0 aromatic carbocycles. The molecule has 1 amide bonds. The fraction of sp³-hybridized carbons (Fsp3) is 0.250. The van der Waals surface area contributed by atoms with Crippen LogP contribution in [-0.4, -0.2) is 34.4 Å². The van der Waals surface area contributed by atoms with Gasteiger partial charge in [-0.25, -0.2) is 0 Å². The summed E-state index contributed by atoms with van der Waals surface area (Å²) in [4.78, 5) is 15.7. The number of carbonyl (C=O) groups is 1. The number of hydrogen-bond donors (Lipinski definition) is 1. The van der Waals surface area contributed by atoms with Crippen molar-refractivity contribution in [2.45, 2.75) is 12.7 Å². The number of carbonyl (C=O) groups excluding carboxylic acids is 1. The number of rotatable bonds is 2. The summed E-state index contributed by atoms with van der Waals surface area (Å²) in [5.41, 5.74) is 2.62. The lowest BCUT2D eigenvalue weighted by Crippen LogP contribution is -2.27. The Morgan fingerprint density at radius 3 is 2.64 bits per heavy atom. The van der Waals surface area contributed by atoms with Crippen LogP contribution in [0.15, 0.2) is 12.1 Å². The molecule has 3 nitrogen and oxygen atoms in total. The zero-order valence-corrected chi connectivity index (χ0v) is 9.09. The smallest absolute Gasteiger partial charge is 0.219 e. The minimum Gasteiger partial charge on any atom is -0.326 e. The van der Waals surface area contributed by atoms with Crippen molar-refractivity contribution in [2.75, 3.05) is 5.32 Å². The molecule has 0 fully saturated rings. The van der Waals surface area contributed by atoms with Gasteiger partial charge in [0.25, 0.3) is 0 Å². The van der Waals surface area contributed by atoms with Crippen LogP contribution in [-0.2, 0) is 4.79 Å². The maximum Gasteiger partial charge on any atom is 0.219 e. The van der Waals surface area contributed by atoms with Crippen LogP contribution in [0.25, 0.3) is 0 Å². The van der Waals surface area contributed by atoms with Gasteiger partial charge >= 0.3 is 0 Å². The third kappa shape index (κ3) is 2.65. The monoisotopic (exact) mass is 186 g/mol. The average molecular weight is 186 g/mol. The van der Waals surface area contributed by atoms with E-state index < -0.39 is 0 Å². The number of pyridine rings is 1. The summed E-state index contributed by atoms with van der Waals surface area (Å²) in [7, 11) is 5.69. The van der Waals surface area contributed by atoms with Crippen molar-refractivity contribution in [3.8, 4) is 0 Å². The molecule has 0 saturated carbocycles. The molecule has 70 valence electrons. The van der Waals surface area contributed by atoms with Gasteiger partial charge in [-0.15, -0.1) is 0 Å². The van der Waals surface area contributed by atoms with Crippen LogP contribution in [0.3, 0.4) is 0 Å². The summed E-state index contributed by atoms with van der Waals surface area (Å²) in [6.45, 7) is 1.87. The highest BCUT2D eigenvalue weighted by Gasteiger charge is 2.08. The Bertz CT molecular complexity index is 354. The van der Waals surface area contributed by atoms with E-state index in [2.05, 4.69) is 10.3 Å². The zero-order chi connectivity index (χ0) is 10.7. The van der Waals surface area contributed by atoms with Crippen LogP contribution < -0.4 is 16.5 Å². The Kier molecular flexibility index (Phi) is 3.39. The fourth-order valence-corrected chi connectivity index (χ4v) is 1.10. The predicted octanol–water partition coefficient (Wildman–Crippen LogP) is -3.02. The molecule has 0 aliphatic rings. The summed E-state index contributed by atoms with van der Waals surface area (Å²) in [6, 6.07) is 3.78. The molecular weight excluding hydrogens is 173 g/mol. The topological polar surface area (TPSA) is 42.0 Å². The second-order valence-electron chi connectivity index (χ2n) is 3.73. The molecule has 1 atom stereocenters. The third-order valence-corrected chi connectivity index (χ3v) is 2.01. The SMILES string of the molecule is Bc1ccc(NC(=O)C(B)C)c(B)n1. The first-order valence-electron chi connectivity index (χ1n) is 4.76. The van der Waals surface area contributed by atoms with Gasteiger partial charge in [0, 0.05) is 11.4 Å². The van der Waals surface area contributed by atoms with Crippen molar-refractivity contribution < 1.29 is 4.79 Å². The van der Waals surface area contributed by atoms with Crippen LogP contribution in [0.2, 0.25) is 5.82 Å². The lowest BCUT2D eigenvalue weighted by atomic mass is 9.88. The Morgan fingerprint density at radius 1 is 1.50 bits per heavy atom. The van der Waals surface area contributed by atoms with Gasteiger partial charge in [0.15, 0.2) is 15.7 Å². The Balaban J connectivity index is 2.82. The normalized spacial score (nSPS) is 12.1. The summed E-state index contributed by atoms with van der Waals surface area (Å²) in [5.74, 6) is 0.0226. The largest absolute Gasteiger partial charge is 0.326 e. The maximum atomic E-state index is 11.4. The highest BCUT2D eigenvalue weighted by atomic mass is 16.1. The maximum absolute atomic E-state index is 11.4. The zero-order valence-electron chi connectivity index (χ0n) is 9.09. The van der Waals surface area contributed by atoms with Crippen molar-refractivity contribution in [1.29, 1.82) is 0 Å².